The van der Waals surface area contributed by atoms with Crippen LogP contribution < -0.4 is 15.4 Å². The molecule has 2 aromatic heterocycles. The summed E-state index contributed by atoms with van der Waals surface area (Å²) in [5.41, 5.74) is 2.41. The summed E-state index contributed by atoms with van der Waals surface area (Å²) in [6, 6.07) is 21.2. The molecule has 3 aromatic carbocycles. The Morgan fingerprint density at radius 1 is 0.971 bits per heavy atom. The zero-order chi connectivity index (χ0) is 24.2. The van der Waals surface area contributed by atoms with Crippen LogP contribution in [-0.4, -0.2) is 16.5 Å². The summed E-state index contributed by atoms with van der Waals surface area (Å²) < 4.78 is 25.5. The Morgan fingerprint density at radius 3 is 2.69 bits per heavy atom. The van der Waals surface area contributed by atoms with Crippen molar-refractivity contribution >= 4 is 34.0 Å². The van der Waals surface area contributed by atoms with Crippen LogP contribution in [0.15, 0.2) is 83.5 Å². The lowest BCUT2D eigenvalue weighted by Crippen LogP contribution is -2.10. The van der Waals surface area contributed by atoms with Gasteiger partial charge >= 0.3 is 0 Å². The van der Waals surface area contributed by atoms with Crippen LogP contribution in [0.25, 0.3) is 22.2 Å². The van der Waals surface area contributed by atoms with Gasteiger partial charge in [-0.3, -0.25) is 0 Å². The molecule has 2 N–H and O–H groups in total. The molecule has 5 rings (SSSR count). The minimum atomic E-state index is -0.459. The minimum Gasteiger partial charge on any atom is -0.460 e. The molecule has 0 saturated carbocycles. The molecule has 0 spiro atoms. The number of nitrogens with one attached hydrogen (secondary N) is 2. The number of fused-ring (bicyclic) bond motifs is 1. The van der Waals surface area contributed by atoms with Gasteiger partial charge in [0.25, 0.3) is 0 Å². The Hall–Kier alpha value is -3.94. The predicted molar refractivity (Wildman–Crippen MR) is 136 cm³/mol. The summed E-state index contributed by atoms with van der Waals surface area (Å²) in [7, 11) is 0. The molecular weight excluding hydrogens is 467 g/mol. The van der Waals surface area contributed by atoms with Gasteiger partial charge < -0.3 is 19.8 Å². The summed E-state index contributed by atoms with van der Waals surface area (Å²) >= 11 is 6.42. The second-order valence-corrected chi connectivity index (χ2v) is 8.21. The number of aromatic nitrogens is 2. The number of anilines is 2. The van der Waals surface area contributed by atoms with Gasteiger partial charge in [-0.15, -0.1) is 0 Å². The number of halogens is 2. The molecule has 0 amide bonds. The highest BCUT2D eigenvalue weighted by Crippen LogP contribution is 2.35. The average molecular weight is 489 g/mol. The van der Waals surface area contributed by atoms with Crippen molar-refractivity contribution in [3.8, 4) is 22.8 Å². The lowest BCUT2D eigenvalue weighted by atomic mass is 10.1. The van der Waals surface area contributed by atoms with Gasteiger partial charge in [-0.1, -0.05) is 30.7 Å². The first-order chi connectivity index (χ1) is 17.1. The van der Waals surface area contributed by atoms with E-state index < -0.39 is 5.82 Å². The maximum absolute atomic E-state index is 13.9. The zero-order valence-corrected chi connectivity index (χ0v) is 19.6. The van der Waals surface area contributed by atoms with E-state index in [9.17, 15) is 4.39 Å². The van der Waals surface area contributed by atoms with Crippen molar-refractivity contribution < 1.29 is 13.5 Å². The summed E-state index contributed by atoms with van der Waals surface area (Å²) in [4.78, 5) is 8.80. The zero-order valence-electron chi connectivity index (χ0n) is 18.9. The molecule has 176 valence electrons. The number of hydrogen-bond acceptors (Lipinski definition) is 6. The molecule has 5 aromatic rings. The third kappa shape index (κ3) is 5.11. The van der Waals surface area contributed by atoms with E-state index in [-0.39, 0.29) is 5.75 Å². The topological polar surface area (TPSA) is 72.2 Å². The fourth-order valence-corrected chi connectivity index (χ4v) is 3.85. The third-order valence-corrected chi connectivity index (χ3v) is 5.68. The molecule has 0 atom stereocenters. The maximum atomic E-state index is 13.9. The lowest BCUT2D eigenvalue weighted by Gasteiger charge is -2.12. The van der Waals surface area contributed by atoms with Gasteiger partial charge in [0.05, 0.1) is 17.1 Å². The monoisotopic (exact) mass is 488 g/mol. The van der Waals surface area contributed by atoms with Crippen LogP contribution >= 0.6 is 11.6 Å². The Morgan fingerprint density at radius 2 is 1.86 bits per heavy atom. The van der Waals surface area contributed by atoms with Gasteiger partial charge in [-0.05, 0) is 67.2 Å². The minimum absolute atomic E-state index is 0.107. The van der Waals surface area contributed by atoms with E-state index in [1.807, 2.05) is 30.3 Å². The van der Waals surface area contributed by atoms with E-state index in [1.165, 1.54) is 12.4 Å². The molecule has 2 heterocycles. The molecule has 0 fully saturated rings. The fraction of sp³-hybridized carbons (Fsp3) is 0.111. The van der Waals surface area contributed by atoms with Crippen LogP contribution in [0, 0.1) is 5.82 Å². The standard InChI is InChI=1S/C27H22ClFN4O2/c1-2-30-15-19-9-12-24(34-19)17-7-10-23-20(13-17)27(32-16-31-23)33-18-8-11-25(21(28)14-18)35-26-6-4-3-5-22(26)29/h3-14,16,30H,2,15H2,1H3,(H,31,32,33). The summed E-state index contributed by atoms with van der Waals surface area (Å²) in [6.45, 7) is 3.61. The molecule has 0 unspecified atom stereocenters. The van der Waals surface area contributed by atoms with E-state index in [0.717, 1.165) is 34.5 Å². The molecule has 0 aliphatic heterocycles. The number of nitrogens with zero attached hydrogens (tertiary/aromatic N) is 2. The fourth-order valence-electron chi connectivity index (χ4n) is 3.63. The number of benzene rings is 3. The molecule has 0 aliphatic carbocycles. The Labute approximate surface area is 206 Å². The quantitative estimate of drug-likeness (QED) is 0.238. The van der Waals surface area contributed by atoms with Gasteiger partial charge in [-0.2, -0.15) is 0 Å². The second kappa shape index (κ2) is 10.1. The third-order valence-electron chi connectivity index (χ3n) is 5.38. The molecule has 35 heavy (non-hydrogen) atoms. The van der Waals surface area contributed by atoms with Crippen LogP contribution in [0.3, 0.4) is 0 Å². The van der Waals surface area contributed by atoms with Crippen LogP contribution in [0.4, 0.5) is 15.9 Å². The molecular formula is C27H22ClFN4O2. The first kappa shape index (κ1) is 22.8. The smallest absolute Gasteiger partial charge is 0.165 e. The SMILES string of the molecule is CCNCc1ccc(-c2ccc3ncnc(Nc4ccc(Oc5ccccc5F)c(Cl)c4)c3c2)o1. The molecule has 0 saturated heterocycles. The maximum Gasteiger partial charge on any atom is 0.165 e. The van der Waals surface area contributed by atoms with Crippen molar-refractivity contribution in [2.24, 2.45) is 0 Å². The van der Waals surface area contributed by atoms with Crippen molar-refractivity contribution in [2.45, 2.75) is 13.5 Å². The number of rotatable bonds is 8. The predicted octanol–water partition coefficient (Wildman–Crippen LogP) is 7.33. The highest BCUT2D eigenvalue weighted by atomic mass is 35.5. The lowest BCUT2D eigenvalue weighted by molar-refractivity contribution is 0.442. The molecule has 0 aliphatic rings. The van der Waals surface area contributed by atoms with Gasteiger partial charge in [0.2, 0.25) is 0 Å². The van der Waals surface area contributed by atoms with Crippen molar-refractivity contribution in [2.75, 3.05) is 11.9 Å². The van der Waals surface area contributed by atoms with Crippen LogP contribution in [0.2, 0.25) is 5.02 Å². The van der Waals surface area contributed by atoms with E-state index in [4.69, 9.17) is 20.8 Å². The van der Waals surface area contributed by atoms with E-state index >= 15 is 0 Å². The van der Waals surface area contributed by atoms with E-state index in [1.54, 1.807) is 36.4 Å². The number of para-hydroxylation sites is 1. The van der Waals surface area contributed by atoms with Crippen LogP contribution in [-0.2, 0) is 6.54 Å². The summed E-state index contributed by atoms with van der Waals surface area (Å²) in [5, 5.41) is 7.72. The van der Waals surface area contributed by atoms with Gasteiger partial charge in [-0.25, -0.2) is 14.4 Å². The van der Waals surface area contributed by atoms with Crippen LogP contribution in [0.1, 0.15) is 12.7 Å². The van der Waals surface area contributed by atoms with Gasteiger partial charge in [0.1, 0.15) is 29.4 Å². The van der Waals surface area contributed by atoms with Crippen molar-refractivity contribution in [3.05, 3.63) is 95.7 Å². The van der Waals surface area contributed by atoms with Crippen molar-refractivity contribution in [3.63, 3.8) is 0 Å². The largest absolute Gasteiger partial charge is 0.460 e. The molecule has 8 heteroatoms. The molecule has 0 bridgehead atoms. The van der Waals surface area contributed by atoms with Gasteiger partial charge in [0.15, 0.2) is 11.6 Å². The summed E-state index contributed by atoms with van der Waals surface area (Å²) in [5.74, 6) is 2.26. The van der Waals surface area contributed by atoms with Gasteiger partial charge in [0, 0.05) is 16.6 Å². The summed E-state index contributed by atoms with van der Waals surface area (Å²) in [6.07, 6.45) is 1.50. The highest BCUT2D eigenvalue weighted by molar-refractivity contribution is 6.32. The Kier molecular flexibility index (Phi) is 6.61. The molecule has 0 radical (unpaired) electrons. The Bertz CT molecular complexity index is 1490. The van der Waals surface area contributed by atoms with E-state index in [2.05, 4.69) is 27.5 Å². The number of ether oxygens (including phenoxy) is 1. The average Bonchev–Trinajstić information content (AvgIpc) is 3.35. The van der Waals surface area contributed by atoms with Crippen molar-refractivity contribution in [1.29, 1.82) is 0 Å². The Balaban J connectivity index is 1.41. The van der Waals surface area contributed by atoms with E-state index in [0.29, 0.717) is 28.8 Å². The second-order valence-electron chi connectivity index (χ2n) is 7.80. The normalized spacial score (nSPS) is 11.1. The number of furan rings is 1. The highest BCUT2D eigenvalue weighted by Gasteiger charge is 2.12. The first-order valence-electron chi connectivity index (χ1n) is 11.1. The van der Waals surface area contributed by atoms with Crippen molar-refractivity contribution in [1.82, 2.24) is 15.3 Å². The first-order valence-corrected chi connectivity index (χ1v) is 11.5. The molecule has 6 nitrogen and oxygen atoms in total. The van der Waals surface area contributed by atoms with Crippen LogP contribution in [0.5, 0.6) is 11.5 Å². The number of hydrogen-bond donors (Lipinski definition) is 2.